The van der Waals surface area contributed by atoms with Crippen LogP contribution in [0.1, 0.15) is 18.4 Å². The number of nitrogens with one attached hydrogen (secondary N) is 1. The van der Waals surface area contributed by atoms with E-state index < -0.39 is 0 Å². The topological polar surface area (TPSA) is 53.6 Å². The van der Waals surface area contributed by atoms with Gasteiger partial charge in [-0.15, -0.1) is 0 Å². The van der Waals surface area contributed by atoms with Gasteiger partial charge in [0.25, 0.3) is 0 Å². The summed E-state index contributed by atoms with van der Waals surface area (Å²) in [4.78, 5) is 7.07. The molecule has 2 heterocycles. The number of guanidine groups is 1. The summed E-state index contributed by atoms with van der Waals surface area (Å²) in [5.74, 6) is 1.07. The highest BCUT2D eigenvalue weighted by atomic mass is 35.5. The fraction of sp³-hybridized carbons (Fsp3) is 0.381. The number of benzene rings is 2. The normalized spacial score (nSPS) is 26.0. The molecular formula is C21H25ClN4. The predicted molar refractivity (Wildman–Crippen MR) is 108 cm³/mol. The largest absolute Gasteiger partial charge is 0.370 e. The van der Waals surface area contributed by atoms with Gasteiger partial charge in [0.05, 0.1) is 6.54 Å². The van der Waals surface area contributed by atoms with Gasteiger partial charge in [-0.2, -0.15) is 0 Å². The zero-order chi connectivity index (χ0) is 18.1. The molecule has 26 heavy (non-hydrogen) atoms. The van der Waals surface area contributed by atoms with Gasteiger partial charge in [-0.05, 0) is 54.3 Å². The molecule has 0 spiro atoms. The standard InChI is InChI=1S/C21H25ClN4/c1-26-14-21(25-20(26)23,18-8-4-10-24-13-18)17-7-2-5-15(11-17)16-6-3-9-19(22)12-16/h2-3,5-7,9,11-12,18,24H,4,8,10,13-14H2,1H3,(H2,23,25). The van der Waals surface area contributed by atoms with Crippen LogP contribution in [0.4, 0.5) is 0 Å². The Morgan fingerprint density at radius 3 is 2.62 bits per heavy atom. The molecule has 2 aromatic rings. The molecule has 3 N–H and O–H groups in total. The van der Waals surface area contributed by atoms with Gasteiger partial charge < -0.3 is 16.0 Å². The fourth-order valence-electron chi connectivity index (χ4n) is 4.28. The van der Waals surface area contributed by atoms with Crippen LogP contribution in [0.15, 0.2) is 53.5 Å². The molecule has 0 amide bonds. The summed E-state index contributed by atoms with van der Waals surface area (Å²) in [6, 6.07) is 16.7. The minimum atomic E-state index is -0.291. The summed E-state index contributed by atoms with van der Waals surface area (Å²) in [6.45, 7) is 2.89. The van der Waals surface area contributed by atoms with Gasteiger partial charge in [-0.3, -0.25) is 0 Å². The van der Waals surface area contributed by atoms with Crippen molar-refractivity contribution >= 4 is 17.6 Å². The van der Waals surface area contributed by atoms with Crippen LogP contribution in [0.25, 0.3) is 11.1 Å². The van der Waals surface area contributed by atoms with E-state index in [0.717, 1.165) is 35.8 Å². The molecule has 5 heteroatoms. The molecule has 2 aliphatic rings. The Balaban J connectivity index is 1.78. The van der Waals surface area contributed by atoms with Crippen molar-refractivity contribution in [3.63, 3.8) is 0 Å². The van der Waals surface area contributed by atoms with Gasteiger partial charge >= 0.3 is 0 Å². The maximum absolute atomic E-state index is 6.20. The Labute approximate surface area is 160 Å². The van der Waals surface area contributed by atoms with Crippen LogP contribution in [-0.2, 0) is 5.54 Å². The third kappa shape index (κ3) is 3.08. The van der Waals surface area contributed by atoms with Gasteiger partial charge in [0, 0.05) is 24.5 Å². The molecule has 2 aliphatic heterocycles. The number of rotatable bonds is 3. The van der Waals surface area contributed by atoms with Crippen molar-refractivity contribution in [2.75, 3.05) is 26.7 Å². The van der Waals surface area contributed by atoms with E-state index in [2.05, 4.69) is 40.5 Å². The van der Waals surface area contributed by atoms with Crippen LogP contribution in [0.3, 0.4) is 0 Å². The SMILES string of the molecule is CN1CC(c2cccc(-c3cccc(Cl)c3)c2)(C2CCCNC2)N=C1N. The minimum Gasteiger partial charge on any atom is -0.370 e. The van der Waals surface area contributed by atoms with Gasteiger partial charge in [0.15, 0.2) is 5.96 Å². The van der Waals surface area contributed by atoms with E-state index in [1.54, 1.807) is 0 Å². The van der Waals surface area contributed by atoms with E-state index in [4.69, 9.17) is 22.3 Å². The molecule has 2 aromatic carbocycles. The number of nitrogens with two attached hydrogens (primary N) is 1. The Kier molecular flexibility index (Phi) is 4.63. The van der Waals surface area contributed by atoms with E-state index in [-0.39, 0.29) is 5.54 Å². The Bertz CT molecular complexity index is 828. The first-order chi connectivity index (χ1) is 12.6. The Morgan fingerprint density at radius 2 is 1.96 bits per heavy atom. The van der Waals surface area contributed by atoms with Crippen LogP contribution in [0, 0.1) is 5.92 Å². The van der Waals surface area contributed by atoms with E-state index in [1.807, 2.05) is 25.2 Å². The number of nitrogens with zero attached hydrogens (tertiary/aromatic N) is 2. The molecule has 0 aromatic heterocycles. The molecule has 0 aliphatic carbocycles. The van der Waals surface area contributed by atoms with Crippen LogP contribution in [-0.4, -0.2) is 37.5 Å². The van der Waals surface area contributed by atoms with E-state index in [9.17, 15) is 0 Å². The number of piperidine rings is 1. The monoisotopic (exact) mass is 368 g/mol. The first-order valence-corrected chi connectivity index (χ1v) is 9.60. The second kappa shape index (κ2) is 6.93. The highest BCUT2D eigenvalue weighted by molar-refractivity contribution is 6.30. The van der Waals surface area contributed by atoms with Crippen LogP contribution in [0.5, 0.6) is 0 Å². The average molecular weight is 369 g/mol. The lowest BCUT2D eigenvalue weighted by molar-refractivity contribution is 0.211. The average Bonchev–Trinajstić information content (AvgIpc) is 2.98. The van der Waals surface area contributed by atoms with Gasteiger partial charge in [0.2, 0.25) is 0 Å². The Hall–Kier alpha value is -2.04. The first kappa shape index (κ1) is 17.4. The lowest BCUT2D eigenvalue weighted by atomic mass is 9.74. The van der Waals surface area contributed by atoms with Crippen molar-refractivity contribution in [2.24, 2.45) is 16.6 Å². The van der Waals surface area contributed by atoms with E-state index in [1.165, 1.54) is 18.4 Å². The molecule has 0 radical (unpaired) electrons. The highest BCUT2D eigenvalue weighted by Crippen LogP contribution is 2.42. The third-order valence-electron chi connectivity index (χ3n) is 5.68. The van der Waals surface area contributed by atoms with Crippen molar-refractivity contribution < 1.29 is 0 Å². The maximum Gasteiger partial charge on any atom is 0.192 e. The molecular weight excluding hydrogens is 344 g/mol. The number of halogens is 1. The fourth-order valence-corrected chi connectivity index (χ4v) is 4.47. The summed E-state index contributed by atoms with van der Waals surface area (Å²) in [5, 5.41) is 4.30. The lowest BCUT2D eigenvalue weighted by Gasteiger charge is -2.38. The quantitative estimate of drug-likeness (QED) is 0.872. The molecule has 0 saturated carbocycles. The molecule has 4 nitrogen and oxygen atoms in total. The Morgan fingerprint density at radius 1 is 1.19 bits per heavy atom. The summed E-state index contributed by atoms with van der Waals surface area (Å²) in [7, 11) is 2.03. The number of hydrogen-bond donors (Lipinski definition) is 2. The number of aliphatic imine (C=N–C) groups is 1. The van der Waals surface area contributed by atoms with Crippen molar-refractivity contribution in [3.8, 4) is 11.1 Å². The number of likely N-dealkylation sites (N-methyl/N-ethyl adjacent to an activating group) is 1. The molecule has 2 atom stereocenters. The van der Waals surface area contributed by atoms with Crippen LogP contribution in [0.2, 0.25) is 5.02 Å². The molecule has 1 saturated heterocycles. The minimum absolute atomic E-state index is 0.291. The smallest absolute Gasteiger partial charge is 0.192 e. The molecule has 0 bridgehead atoms. The predicted octanol–water partition coefficient (Wildman–Crippen LogP) is 3.46. The van der Waals surface area contributed by atoms with Gasteiger partial charge in [-0.25, -0.2) is 4.99 Å². The molecule has 136 valence electrons. The van der Waals surface area contributed by atoms with Gasteiger partial charge in [-0.1, -0.05) is 41.9 Å². The number of hydrogen-bond acceptors (Lipinski definition) is 4. The van der Waals surface area contributed by atoms with Crippen molar-refractivity contribution in [1.82, 2.24) is 10.2 Å². The van der Waals surface area contributed by atoms with Crippen molar-refractivity contribution in [1.29, 1.82) is 0 Å². The first-order valence-electron chi connectivity index (χ1n) is 9.22. The molecule has 1 fully saturated rings. The summed E-state index contributed by atoms with van der Waals surface area (Å²) >= 11 is 6.20. The zero-order valence-corrected chi connectivity index (χ0v) is 15.8. The molecule has 2 unspecified atom stereocenters. The van der Waals surface area contributed by atoms with Crippen molar-refractivity contribution in [3.05, 3.63) is 59.1 Å². The highest BCUT2D eigenvalue weighted by Gasteiger charge is 2.45. The summed E-state index contributed by atoms with van der Waals surface area (Å²) in [6.07, 6.45) is 2.35. The van der Waals surface area contributed by atoms with Crippen LogP contribution < -0.4 is 11.1 Å². The van der Waals surface area contributed by atoms with E-state index in [0.29, 0.717) is 11.9 Å². The summed E-state index contributed by atoms with van der Waals surface area (Å²) in [5.41, 5.74) is 9.43. The van der Waals surface area contributed by atoms with Gasteiger partial charge in [0.1, 0.15) is 5.54 Å². The van der Waals surface area contributed by atoms with Crippen molar-refractivity contribution in [2.45, 2.75) is 18.4 Å². The van der Waals surface area contributed by atoms with Crippen LogP contribution >= 0.6 is 11.6 Å². The maximum atomic E-state index is 6.20. The van der Waals surface area contributed by atoms with E-state index >= 15 is 0 Å². The third-order valence-corrected chi connectivity index (χ3v) is 5.91. The molecule has 4 rings (SSSR count). The zero-order valence-electron chi connectivity index (χ0n) is 15.1. The second-order valence-corrected chi connectivity index (χ2v) is 7.82. The lowest BCUT2D eigenvalue weighted by Crippen LogP contribution is -2.46. The summed E-state index contributed by atoms with van der Waals surface area (Å²) < 4.78 is 0. The second-order valence-electron chi connectivity index (χ2n) is 7.38.